The van der Waals surface area contributed by atoms with Crippen LogP contribution in [-0.2, 0) is 19.2 Å². The van der Waals surface area contributed by atoms with Gasteiger partial charge in [0.25, 0.3) is 0 Å². The predicted molar refractivity (Wildman–Crippen MR) is 517 cm³/mol. The van der Waals surface area contributed by atoms with Gasteiger partial charge in [0.1, 0.15) is 29.1 Å². The molecule has 0 aliphatic heterocycles. The average molecular weight is 1830 g/mol. The van der Waals surface area contributed by atoms with Crippen molar-refractivity contribution in [3.8, 4) is 22.7 Å². The molecule has 4 unspecified atom stereocenters. The number of rotatable bonds is 26. The SMILES string of the molecule is C/C=C/CC(c1ccc2c(cnn2-c2ccc(F)cc2)c1)C(C)(C)C(=O)Nc1nccs1.C=C(C)CC(c1ccc2c(cnn2-c2ccc(F)cc2)c1)C(C)(C)C(=O)Nc1nccs1.CC(C)(C(=O)Nc1nccs1)C(c1ccc(F)cc1)c1ccc2c(cnn2-c2ccc(F)cc2)c1.CC(C)=CC(c1ccc2c(cnn2-c2ccc(F)cc2)c1)C(C)(C)C(=O)Nc1nccs1. The Morgan fingerprint density at radius 2 is 0.656 bits per heavy atom. The number of halogens is 5. The minimum atomic E-state index is -0.899. The molecule has 668 valence electrons. The van der Waals surface area contributed by atoms with E-state index in [-0.39, 0.29) is 76.4 Å². The van der Waals surface area contributed by atoms with Crippen LogP contribution < -0.4 is 21.3 Å². The Hall–Kier alpha value is -13.9. The number of nitrogens with zero attached hydrogens (tertiary/aromatic N) is 12. The Bertz CT molecular complexity index is 6900. The largest absolute Gasteiger partial charge is 0.301 e. The van der Waals surface area contributed by atoms with Crippen molar-refractivity contribution < 1.29 is 41.1 Å². The third-order valence-corrected chi connectivity index (χ3v) is 26.0. The molecule has 4 N–H and O–H groups in total. The topological polar surface area (TPSA) is 239 Å². The number of allylic oxidation sites excluding steroid dienone is 5. The highest BCUT2D eigenvalue weighted by Gasteiger charge is 2.43. The molecule has 4 amide bonds. The van der Waals surface area contributed by atoms with E-state index in [1.807, 2.05) is 154 Å². The first kappa shape index (κ1) is 93.3. The van der Waals surface area contributed by atoms with Gasteiger partial charge in [-0.3, -0.25) is 19.2 Å². The van der Waals surface area contributed by atoms with Crippen LogP contribution in [0.3, 0.4) is 0 Å². The van der Waals surface area contributed by atoms with Crippen LogP contribution in [0, 0.1) is 50.7 Å². The molecular weight excluding hydrogens is 1740 g/mol. The summed E-state index contributed by atoms with van der Waals surface area (Å²) in [5.41, 5.74) is 10.7. The van der Waals surface area contributed by atoms with Crippen molar-refractivity contribution in [2.45, 2.75) is 120 Å². The fraction of sp³-hybridized carbons (Fsp3) is 0.216. The summed E-state index contributed by atoms with van der Waals surface area (Å²) in [6.07, 6.45) is 21.4. The first-order valence-electron chi connectivity index (χ1n) is 42.2. The number of carbonyl (C=O) groups is 4. The van der Waals surface area contributed by atoms with Gasteiger partial charge in [-0.05, 0) is 226 Å². The van der Waals surface area contributed by atoms with Crippen LogP contribution in [0.15, 0.2) is 301 Å². The summed E-state index contributed by atoms with van der Waals surface area (Å²) in [7, 11) is 0. The fourth-order valence-corrected chi connectivity index (χ4v) is 18.0. The van der Waals surface area contributed by atoms with Crippen LogP contribution in [0.25, 0.3) is 66.4 Å². The second kappa shape index (κ2) is 40.4. The van der Waals surface area contributed by atoms with E-state index in [9.17, 15) is 41.1 Å². The lowest BCUT2D eigenvalue weighted by Gasteiger charge is -2.34. The zero-order valence-electron chi connectivity index (χ0n) is 74.1. The molecule has 9 aromatic carbocycles. The molecule has 131 heavy (non-hydrogen) atoms. The lowest BCUT2D eigenvalue weighted by Crippen LogP contribution is -2.37. The van der Waals surface area contributed by atoms with Gasteiger partial charge in [-0.1, -0.05) is 121 Å². The van der Waals surface area contributed by atoms with Gasteiger partial charge >= 0.3 is 0 Å². The number of aromatic nitrogens is 12. The highest BCUT2D eigenvalue weighted by molar-refractivity contribution is 7.14. The minimum absolute atomic E-state index is 0.0442. The number of thiazole rings is 4. The van der Waals surface area contributed by atoms with Crippen molar-refractivity contribution in [1.82, 2.24) is 59.1 Å². The van der Waals surface area contributed by atoms with Crippen LogP contribution in [-0.4, -0.2) is 82.7 Å². The molecule has 0 bridgehead atoms. The molecule has 17 rings (SSSR count). The molecule has 8 aromatic heterocycles. The van der Waals surface area contributed by atoms with Crippen LogP contribution in [0.1, 0.15) is 147 Å². The Kier molecular flexibility index (Phi) is 28.8. The van der Waals surface area contributed by atoms with E-state index >= 15 is 0 Å². The second-order valence-electron chi connectivity index (χ2n) is 34.2. The van der Waals surface area contributed by atoms with E-state index in [0.717, 1.165) is 112 Å². The summed E-state index contributed by atoms with van der Waals surface area (Å²) in [6, 6.07) is 55.4. The third kappa shape index (κ3) is 21.7. The molecule has 29 heteroatoms. The molecule has 17 aromatic rings. The number of carbonyl (C=O) groups excluding carboxylic acids is 4. The maximum Gasteiger partial charge on any atom is 0.232 e. The fourth-order valence-electron chi connectivity index (χ4n) is 15.9. The lowest BCUT2D eigenvalue weighted by molar-refractivity contribution is -0.125. The monoisotopic (exact) mass is 1830 g/mol. The van der Waals surface area contributed by atoms with Crippen molar-refractivity contribution in [3.63, 3.8) is 0 Å². The van der Waals surface area contributed by atoms with Crippen molar-refractivity contribution in [1.29, 1.82) is 0 Å². The van der Waals surface area contributed by atoms with Crippen LogP contribution in [0.4, 0.5) is 42.5 Å². The number of fused-ring (bicyclic) bond motifs is 4. The third-order valence-electron chi connectivity index (χ3n) is 23.2. The van der Waals surface area contributed by atoms with Crippen molar-refractivity contribution in [2.24, 2.45) is 21.7 Å². The molecule has 0 saturated heterocycles. The Labute approximate surface area is 771 Å². The zero-order valence-corrected chi connectivity index (χ0v) is 77.4. The van der Waals surface area contributed by atoms with Gasteiger partial charge in [-0.25, -0.2) is 60.6 Å². The van der Waals surface area contributed by atoms with E-state index in [1.165, 1.54) is 106 Å². The molecular formula is C102H97F5N16O4S4. The Morgan fingerprint density at radius 1 is 0.374 bits per heavy atom. The van der Waals surface area contributed by atoms with Crippen molar-refractivity contribution in [3.05, 3.63) is 358 Å². The first-order valence-corrected chi connectivity index (χ1v) is 45.7. The van der Waals surface area contributed by atoms with Crippen LogP contribution in [0.2, 0.25) is 0 Å². The van der Waals surface area contributed by atoms with Gasteiger partial charge in [0.05, 0.1) is 91.3 Å². The molecule has 4 atom stereocenters. The van der Waals surface area contributed by atoms with Crippen LogP contribution >= 0.6 is 45.3 Å². The zero-order chi connectivity index (χ0) is 93.1. The standard InChI is InChI=1S/C27H22F2N4OS.3C25H25FN4OS/c1-27(2,25(34)32-26-30-13-14-35-26)24(17-3-6-20(28)7-4-17)18-5-12-23-19(15-18)16-31-33(23)22-10-8-21(29)9-11-22;2*1-16(2)13-21(25(3,4)23(31)29-24-27-11-12-32-24)17-5-10-22-18(14-17)15-28-30(22)20-8-6-19(26)7-9-20;1-4-5-6-21(25(2,3)23(31)29-24-27-13-14-32-24)17-7-12-22-18(15-17)16-28-30(22)20-10-8-19(26)9-11-20/h3-16,24H,1-2H3,(H,30,32,34);5-15,21H,1-4H3,(H,27,29,31);5-12,14-15,21H,1,13H2,2-4H3,(H,27,29,31);4-5,7-16,21H,6H2,1-3H3,(H,27,29,31)/b;;;5-4+. The average Bonchev–Trinajstić information content (AvgIpc) is 1.73. The summed E-state index contributed by atoms with van der Waals surface area (Å²) in [5, 5.41) is 43.1. The van der Waals surface area contributed by atoms with Gasteiger partial charge < -0.3 is 21.3 Å². The summed E-state index contributed by atoms with van der Waals surface area (Å²) >= 11 is 5.55. The molecule has 0 aliphatic rings. The van der Waals surface area contributed by atoms with Gasteiger partial charge in [0.2, 0.25) is 23.6 Å². The molecule has 0 fully saturated rings. The smallest absolute Gasteiger partial charge is 0.232 e. The van der Waals surface area contributed by atoms with Crippen LogP contribution in [0.5, 0.6) is 0 Å². The highest BCUT2D eigenvalue weighted by Crippen LogP contribution is 2.47. The summed E-state index contributed by atoms with van der Waals surface area (Å²) < 4.78 is 74.2. The summed E-state index contributed by atoms with van der Waals surface area (Å²) in [6.45, 7) is 27.6. The molecule has 0 aliphatic carbocycles. The second-order valence-corrected chi connectivity index (χ2v) is 37.8. The van der Waals surface area contributed by atoms with E-state index in [4.69, 9.17) is 0 Å². The molecule has 0 saturated carbocycles. The number of hydrogen-bond donors (Lipinski definition) is 4. The summed E-state index contributed by atoms with van der Waals surface area (Å²) in [4.78, 5) is 69.7. The maximum atomic E-state index is 13.7. The number of benzene rings is 9. The molecule has 8 heterocycles. The van der Waals surface area contributed by atoms with Gasteiger partial charge in [0, 0.05) is 91.5 Å². The first-order chi connectivity index (χ1) is 62.7. The number of anilines is 4. The maximum absolute atomic E-state index is 13.7. The summed E-state index contributed by atoms with van der Waals surface area (Å²) in [5.74, 6) is -2.57. The predicted octanol–water partition coefficient (Wildman–Crippen LogP) is 25.6. The van der Waals surface area contributed by atoms with Crippen molar-refractivity contribution in [2.75, 3.05) is 21.3 Å². The van der Waals surface area contributed by atoms with Gasteiger partial charge in [0.15, 0.2) is 20.5 Å². The number of nitrogens with one attached hydrogen (secondary N) is 4. The Morgan fingerprint density at radius 3 is 0.977 bits per heavy atom. The molecule has 0 spiro atoms. The number of amides is 4. The normalized spacial score (nSPS) is 12.7. The van der Waals surface area contributed by atoms with E-state index < -0.39 is 21.7 Å². The van der Waals surface area contributed by atoms with E-state index in [1.54, 1.807) is 134 Å². The molecule has 0 radical (unpaired) electrons. The van der Waals surface area contributed by atoms with Gasteiger partial charge in [-0.15, -0.1) is 51.9 Å². The van der Waals surface area contributed by atoms with Crippen molar-refractivity contribution >= 4 is 133 Å². The van der Waals surface area contributed by atoms with Gasteiger partial charge in [-0.2, -0.15) is 20.4 Å². The molecule has 20 nitrogen and oxygen atoms in total. The minimum Gasteiger partial charge on any atom is -0.301 e. The Balaban J connectivity index is 0.000000141. The van der Waals surface area contributed by atoms with E-state index in [2.05, 4.69) is 105 Å². The highest BCUT2D eigenvalue weighted by atomic mass is 32.1. The van der Waals surface area contributed by atoms with E-state index in [0.29, 0.717) is 26.9 Å². The lowest BCUT2D eigenvalue weighted by atomic mass is 9.70. The quantitative estimate of drug-likeness (QED) is 0.0292. The number of hydrogen-bond acceptors (Lipinski definition) is 16.